The molecule has 2 heteroatoms. The van der Waals surface area contributed by atoms with Crippen LogP contribution in [0, 0.1) is 5.92 Å². The molecule has 0 aliphatic carbocycles. The minimum Gasteiger partial charge on any atom is -0.317 e. The fourth-order valence-corrected chi connectivity index (χ4v) is 1.34. The van der Waals surface area contributed by atoms with E-state index in [-0.39, 0.29) is 0 Å². The molecule has 0 aromatic carbocycles. The number of nitrogens with one attached hydrogen (secondary N) is 2. The molecule has 0 saturated carbocycles. The number of hydrogen-bond donors (Lipinski definition) is 2. The quantitative estimate of drug-likeness (QED) is 0.555. The molecule has 0 bridgehead atoms. The van der Waals surface area contributed by atoms with Gasteiger partial charge in [0.1, 0.15) is 0 Å². The molecule has 54 valence electrons. The highest BCUT2D eigenvalue weighted by Crippen LogP contribution is 2.11. The SMILES string of the molecule is CNC(C)C1CCNC1. The first-order valence-electron chi connectivity index (χ1n) is 3.72. The molecule has 1 aliphatic heterocycles. The van der Waals surface area contributed by atoms with Crippen molar-refractivity contribution in [1.82, 2.24) is 10.6 Å². The van der Waals surface area contributed by atoms with Crippen LogP contribution < -0.4 is 10.6 Å². The van der Waals surface area contributed by atoms with Crippen LogP contribution in [0.25, 0.3) is 0 Å². The average Bonchev–Trinajstić information content (AvgIpc) is 2.37. The zero-order valence-corrected chi connectivity index (χ0v) is 6.28. The zero-order valence-electron chi connectivity index (χ0n) is 6.28. The summed E-state index contributed by atoms with van der Waals surface area (Å²) in [5.74, 6) is 0.856. The van der Waals surface area contributed by atoms with E-state index in [0.717, 1.165) is 5.92 Å². The summed E-state index contributed by atoms with van der Waals surface area (Å²) in [6.07, 6.45) is 1.34. The Kier molecular flexibility index (Phi) is 2.49. The van der Waals surface area contributed by atoms with E-state index in [1.54, 1.807) is 0 Å². The maximum absolute atomic E-state index is 3.35. The van der Waals surface area contributed by atoms with Gasteiger partial charge in [-0.05, 0) is 39.4 Å². The van der Waals surface area contributed by atoms with E-state index >= 15 is 0 Å². The van der Waals surface area contributed by atoms with Crippen LogP contribution in [-0.2, 0) is 0 Å². The molecule has 2 N–H and O–H groups in total. The van der Waals surface area contributed by atoms with Crippen molar-refractivity contribution in [3.8, 4) is 0 Å². The van der Waals surface area contributed by atoms with E-state index in [2.05, 4.69) is 17.6 Å². The van der Waals surface area contributed by atoms with Gasteiger partial charge in [-0.15, -0.1) is 0 Å². The summed E-state index contributed by atoms with van der Waals surface area (Å²) in [6.45, 7) is 4.65. The largest absolute Gasteiger partial charge is 0.317 e. The second-order valence-corrected chi connectivity index (χ2v) is 2.83. The molecule has 9 heavy (non-hydrogen) atoms. The molecule has 0 spiro atoms. The van der Waals surface area contributed by atoms with Crippen molar-refractivity contribution >= 4 is 0 Å². The van der Waals surface area contributed by atoms with Gasteiger partial charge < -0.3 is 10.6 Å². The summed E-state index contributed by atoms with van der Waals surface area (Å²) >= 11 is 0. The van der Waals surface area contributed by atoms with Gasteiger partial charge >= 0.3 is 0 Å². The van der Waals surface area contributed by atoms with Crippen molar-refractivity contribution in [3.05, 3.63) is 0 Å². The highest BCUT2D eigenvalue weighted by atomic mass is 14.9. The van der Waals surface area contributed by atoms with Gasteiger partial charge in [0.25, 0.3) is 0 Å². The molecule has 0 amide bonds. The highest BCUT2D eigenvalue weighted by molar-refractivity contribution is 4.78. The predicted molar refractivity (Wildman–Crippen MR) is 39.5 cm³/mol. The third-order valence-corrected chi connectivity index (χ3v) is 2.26. The zero-order chi connectivity index (χ0) is 6.69. The Morgan fingerprint density at radius 1 is 1.67 bits per heavy atom. The van der Waals surface area contributed by atoms with Gasteiger partial charge in [-0.1, -0.05) is 0 Å². The van der Waals surface area contributed by atoms with E-state index in [0.29, 0.717) is 6.04 Å². The molecule has 1 saturated heterocycles. The molecule has 2 unspecified atom stereocenters. The minimum atomic E-state index is 0.681. The van der Waals surface area contributed by atoms with Crippen molar-refractivity contribution in [2.24, 2.45) is 5.92 Å². The Morgan fingerprint density at radius 3 is 2.89 bits per heavy atom. The van der Waals surface area contributed by atoms with E-state index in [4.69, 9.17) is 0 Å². The van der Waals surface area contributed by atoms with Crippen LogP contribution in [0.3, 0.4) is 0 Å². The standard InChI is InChI=1S/C7H16N2/c1-6(8-2)7-3-4-9-5-7/h6-9H,3-5H2,1-2H3. The van der Waals surface area contributed by atoms with Crippen molar-refractivity contribution < 1.29 is 0 Å². The van der Waals surface area contributed by atoms with Crippen LogP contribution in [0.15, 0.2) is 0 Å². The van der Waals surface area contributed by atoms with E-state index in [1.165, 1.54) is 19.5 Å². The molecule has 1 rings (SSSR count). The minimum absolute atomic E-state index is 0.681. The molecule has 2 atom stereocenters. The lowest BCUT2D eigenvalue weighted by molar-refractivity contribution is 0.425. The molecular weight excluding hydrogens is 112 g/mol. The van der Waals surface area contributed by atoms with Gasteiger partial charge in [0.15, 0.2) is 0 Å². The summed E-state index contributed by atoms with van der Waals surface area (Å²) in [5.41, 5.74) is 0. The maximum Gasteiger partial charge on any atom is 0.00765 e. The van der Waals surface area contributed by atoms with Crippen LogP contribution in [0.2, 0.25) is 0 Å². The van der Waals surface area contributed by atoms with Gasteiger partial charge in [0, 0.05) is 6.04 Å². The summed E-state index contributed by atoms with van der Waals surface area (Å²) in [5, 5.41) is 6.61. The lowest BCUT2D eigenvalue weighted by Crippen LogP contribution is -2.31. The topological polar surface area (TPSA) is 24.1 Å². The molecule has 1 aliphatic rings. The maximum atomic E-state index is 3.35. The molecule has 1 heterocycles. The summed E-state index contributed by atoms with van der Waals surface area (Å²) in [6, 6.07) is 0.681. The van der Waals surface area contributed by atoms with E-state index in [1.807, 2.05) is 7.05 Å². The van der Waals surface area contributed by atoms with Gasteiger partial charge in [-0.25, -0.2) is 0 Å². The Balaban J connectivity index is 2.24. The summed E-state index contributed by atoms with van der Waals surface area (Å²) < 4.78 is 0. The van der Waals surface area contributed by atoms with E-state index < -0.39 is 0 Å². The van der Waals surface area contributed by atoms with Crippen LogP contribution in [-0.4, -0.2) is 26.2 Å². The summed E-state index contributed by atoms with van der Waals surface area (Å²) in [7, 11) is 2.03. The second-order valence-electron chi connectivity index (χ2n) is 2.83. The smallest absolute Gasteiger partial charge is 0.00765 e. The lowest BCUT2D eigenvalue weighted by Gasteiger charge is -2.16. The first-order valence-corrected chi connectivity index (χ1v) is 3.72. The van der Waals surface area contributed by atoms with Gasteiger partial charge in [-0.2, -0.15) is 0 Å². The summed E-state index contributed by atoms with van der Waals surface area (Å²) in [4.78, 5) is 0. The van der Waals surface area contributed by atoms with Crippen LogP contribution in [0.1, 0.15) is 13.3 Å². The predicted octanol–water partition coefficient (Wildman–Crippen LogP) is 0.204. The van der Waals surface area contributed by atoms with Crippen molar-refractivity contribution in [1.29, 1.82) is 0 Å². The van der Waals surface area contributed by atoms with E-state index in [9.17, 15) is 0 Å². The van der Waals surface area contributed by atoms with Crippen LogP contribution >= 0.6 is 0 Å². The normalized spacial score (nSPS) is 30.7. The third kappa shape index (κ3) is 1.66. The molecule has 0 aromatic rings. The van der Waals surface area contributed by atoms with Crippen molar-refractivity contribution in [3.63, 3.8) is 0 Å². The Labute approximate surface area is 57.0 Å². The van der Waals surface area contributed by atoms with Crippen molar-refractivity contribution in [2.75, 3.05) is 20.1 Å². The lowest BCUT2D eigenvalue weighted by atomic mass is 10.0. The molecule has 1 fully saturated rings. The molecular formula is C7H16N2. The fourth-order valence-electron chi connectivity index (χ4n) is 1.34. The monoisotopic (exact) mass is 128 g/mol. The van der Waals surface area contributed by atoms with Crippen molar-refractivity contribution in [2.45, 2.75) is 19.4 Å². The average molecular weight is 128 g/mol. The third-order valence-electron chi connectivity index (χ3n) is 2.26. The second kappa shape index (κ2) is 3.18. The first-order chi connectivity index (χ1) is 4.34. The highest BCUT2D eigenvalue weighted by Gasteiger charge is 2.18. The molecule has 0 radical (unpaired) electrons. The van der Waals surface area contributed by atoms with Crippen LogP contribution in [0.5, 0.6) is 0 Å². The Hall–Kier alpha value is -0.0800. The fraction of sp³-hybridized carbons (Fsp3) is 1.00. The van der Waals surface area contributed by atoms with Gasteiger partial charge in [0.05, 0.1) is 0 Å². The number of hydrogen-bond acceptors (Lipinski definition) is 2. The molecule has 0 aromatic heterocycles. The Morgan fingerprint density at radius 2 is 2.44 bits per heavy atom. The van der Waals surface area contributed by atoms with Crippen LogP contribution in [0.4, 0.5) is 0 Å². The Bertz CT molecular complexity index is 77.0. The first kappa shape index (κ1) is 7.03. The molecule has 2 nitrogen and oxygen atoms in total. The van der Waals surface area contributed by atoms with Gasteiger partial charge in [0.2, 0.25) is 0 Å². The number of rotatable bonds is 2. The van der Waals surface area contributed by atoms with Gasteiger partial charge in [-0.3, -0.25) is 0 Å².